The largest absolute Gasteiger partial charge is 0.507 e. The zero-order chi connectivity index (χ0) is 13.7. The number of phenols is 1. The molecule has 0 radical (unpaired) electrons. The number of carbonyl (C=O) groups is 2. The van der Waals surface area contributed by atoms with Gasteiger partial charge in [0, 0.05) is 32.6 Å². The van der Waals surface area contributed by atoms with E-state index in [1.807, 2.05) is 0 Å². The van der Waals surface area contributed by atoms with Crippen molar-refractivity contribution in [2.75, 3.05) is 20.6 Å². The summed E-state index contributed by atoms with van der Waals surface area (Å²) in [6.07, 6.45) is 0.251. The van der Waals surface area contributed by atoms with Crippen molar-refractivity contribution in [1.82, 2.24) is 10.2 Å². The summed E-state index contributed by atoms with van der Waals surface area (Å²) in [5.74, 6) is -0.356. The molecule has 1 aromatic carbocycles. The zero-order valence-corrected chi connectivity index (χ0v) is 11.8. The fraction of sp³-hybridized carbons (Fsp3) is 0.333. The molecule has 18 heavy (non-hydrogen) atoms. The Hall–Kier alpha value is -1.56. The van der Waals surface area contributed by atoms with Crippen LogP contribution >= 0.6 is 15.9 Å². The number of hydrogen-bond acceptors (Lipinski definition) is 3. The van der Waals surface area contributed by atoms with Crippen LogP contribution in [-0.4, -0.2) is 42.5 Å². The molecule has 0 aromatic heterocycles. The number of benzene rings is 1. The number of aromatic hydroxyl groups is 1. The third-order valence-electron chi connectivity index (χ3n) is 2.33. The van der Waals surface area contributed by atoms with Gasteiger partial charge in [0.05, 0.1) is 4.47 Å². The van der Waals surface area contributed by atoms with Crippen molar-refractivity contribution in [2.45, 2.75) is 6.42 Å². The van der Waals surface area contributed by atoms with Gasteiger partial charge >= 0.3 is 0 Å². The summed E-state index contributed by atoms with van der Waals surface area (Å²) in [6, 6.07) is 4.55. The molecule has 0 aliphatic rings. The standard InChI is InChI=1S/C12H15BrN2O3/c1-15(2)11(17)5-6-14-12(18)8-3-4-9(13)10(16)7-8/h3-4,7,16H,5-6H2,1-2H3,(H,14,18). The normalized spacial score (nSPS) is 9.94. The van der Waals surface area contributed by atoms with Crippen molar-refractivity contribution in [1.29, 1.82) is 0 Å². The molecular weight excluding hydrogens is 300 g/mol. The van der Waals surface area contributed by atoms with Crippen molar-refractivity contribution < 1.29 is 14.7 Å². The van der Waals surface area contributed by atoms with Gasteiger partial charge in [-0.05, 0) is 34.1 Å². The molecule has 6 heteroatoms. The van der Waals surface area contributed by atoms with E-state index >= 15 is 0 Å². The van der Waals surface area contributed by atoms with Crippen LogP contribution in [0.5, 0.6) is 5.75 Å². The number of hydrogen-bond donors (Lipinski definition) is 2. The van der Waals surface area contributed by atoms with Gasteiger partial charge in [-0.3, -0.25) is 9.59 Å². The van der Waals surface area contributed by atoms with E-state index in [4.69, 9.17) is 0 Å². The fourth-order valence-corrected chi connectivity index (χ4v) is 1.51. The third kappa shape index (κ3) is 4.03. The van der Waals surface area contributed by atoms with Crippen LogP contribution in [0.15, 0.2) is 22.7 Å². The lowest BCUT2D eigenvalue weighted by molar-refractivity contribution is -0.128. The Kier molecular flexibility index (Phi) is 5.15. The van der Waals surface area contributed by atoms with Crippen LogP contribution in [0, 0.1) is 0 Å². The highest BCUT2D eigenvalue weighted by Gasteiger charge is 2.09. The molecule has 0 saturated heterocycles. The van der Waals surface area contributed by atoms with E-state index in [9.17, 15) is 14.7 Å². The maximum absolute atomic E-state index is 11.7. The molecule has 0 fully saturated rings. The maximum atomic E-state index is 11.7. The number of nitrogens with one attached hydrogen (secondary N) is 1. The van der Waals surface area contributed by atoms with Crippen LogP contribution in [0.4, 0.5) is 0 Å². The van der Waals surface area contributed by atoms with Gasteiger partial charge in [-0.25, -0.2) is 0 Å². The molecule has 0 aliphatic heterocycles. The lowest BCUT2D eigenvalue weighted by atomic mass is 10.2. The van der Waals surface area contributed by atoms with E-state index in [2.05, 4.69) is 21.2 Å². The highest BCUT2D eigenvalue weighted by molar-refractivity contribution is 9.10. The smallest absolute Gasteiger partial charge is 0.251 e. The first-order valence-electron chi connectivity index (χ1n) is 5.38. The molecular formula is C12H15BrN2O3. The molecule has 0 bridgehead atoms. The first kappa shape index (κ1) is 14.5. The van der Waals surface area contributed by atoms with E-state index < -0.39 is 0 Å². The van der Waals surface area contributed by atoms with Gasteiger partial charge in [0.15, 0.2) is 0 Å². The number of carbonyl (C=O) groups excluding carboxylic acids is 2. The predicted molar refractivity (Wildman–Crippen MR) is 71.5 cm³/mol. The first-order chi connectivity index (χ1) is 8.41. The second-order valence-corrected chi connectivity index (χ2v) is 4.81. The first-order valence-corrected chi connectivity index (χ1v) is 6.18. The molecule has 0 atom stereocenters. The van der Waals surface area contributed by atoms with Crippen molar-refractivity contribution in [3.63, 3.8) is 0 Å². The Morgan fingerprint density at radius 1 is 1.39 bits per heavy atom. The Morgan fingerprint density at radius 3 is 2.61 bits per heavy atom. The molecule has 0 saturated carbocycles. The molecule has 0 heterocycles. The highest BCUT2D eigenvalue weighted by Crippen LogP contribution is 2.24. The minimum atomic E-state index is -0.315. The monoisotopic (exact) mass is 314 g/mol. The number of rotatable bonds is 4. The number of amides is 2. The zero-order valence-electron chi connectivity index (χ0n) is 10.2. The topological polar surface area (TPSA) is 69.6 Å². The number of nitrogens with zero attached hydrogens (tertiary/aromatic N) is 1. The Labute approximate surface area is 114 Å². The molecule has 2 N–H and O–H groups in total. The second-order valence-electron chi connectivity index (χ2n) is 3.96. The summed E-state index contributed by atoms with van der Waals surface area (Å²) in [7, 11) is 3.33. The van der Waals surface area contributed by atoms with E-state index in [1.165, 1.54) is 11.0 Å². The van der Waals surface area contributed by atoms with Crippen molar-refractivity contribution in [2.24, 2.45) is 0 Å². The fourth-order valence-electron chi connectivity index (χ4n) is 1.26. The van der Waals surface area contributed by atoms with Crippen molar-refractivity contribution in [3.8, 4) is 5.75 Å². The maximum Gasteiger partial charge on any atom is 0.251 e. The van der Waals surface area contributed by atoms with E-state index in [0.29, 0.717) is 10.0 Å². The summed E-state index contributed by atoms with van der Waals surface area (Å²) in [4.78, 5) is 24.5. The summed E-state index contributed by atoms with van der Waals surface area (Å²) < 4.78 is 0.529. The van der Waals surface area contributed by atoms with Crippen LogP contribution < -0.4 is 5.32 Å². The minimum absolute atomic E-state index is 0.00650. The van der Waals surface area contributed by atoms with Crippen molar-refractivity contribution >= 4 is 27.7 Å². The highest BCUT2D eigenvalue weighted by atomic mass is 79.9. The van der Waals surface area contributed by atoms with E-state index in [-0.39, 0.29) is 30.5 Å². The second kappa shape index (κ2) is 6.39. The Bertz CT molecular complexity index is 461. The van der Waals surface area contributed by atoms with Crippen LogP contribution in [0.25, 0.3) is 0 Å². The van der Waals surface area contributed by atoms with Crippen LogP contribution in [0.3, 0.4) is 0 Å². The summed E-state index contributed by atoms with van der Waals surface area (Å²) in [5, 5.41) is 12.1. The molecule has 98 valence electrons. The average molecular weight is 315 g/mol. The summed E-state index contributed by atoms with van der Waals surface area (Å²) in [6.45, 7) is 0.271. The van der Waals surface area contributed by atoms with Gasteiger partial charge in [-0.15, -0.1) is 0 Å². The lowest BCUT2D eigenvalue weighted by Gasteiger charge is -2.10. The average Bonchev–Trinajstić information content (AvgIpc) is 2.32. The van der Waals surface area contributed by atoms with Gasteiger partial charge in [-0.2, -0.15) is 0 Å². The number of phenolic OH excluding ortho intramolecular Hbond substituents is 1. The molecule has 1 rings (SSSR count). The summed E-state index contributed by atoms with van der Waals surface area (Å²) >= 11 is 3.13. The van der Waals surface area contributed by atoms with Crippen LogP contribution in [0.2, 0.25) is 0 Å². The van der Waals surface area contributed by atoms with Gasteiger partial charge in [0.2, 0.25) is 5.91 Å². The molecule has 0 unspecified atom stereocenters. The van der Waals surface area contributed by atoms with Crippen molar-refractivity contribution in [3.05, 3.63) is 28.2 Å². The molecule has 5 nitrogen and oxygen atoms in total. The Balaban J connectivity index is 2.50. The number of halogens is 1. The lowest BCUT2D eigenvalue weighted by Crippen LogP contribution is -2.30. The molecule has 1 aromatic rings. The molecule has 2 amide bonds. The molecule has 0 spiro atoms. The van der Waals surface area contributed by atoms with E-state index in [1.54, 1.807) is 26.2 Å². The Morgan fingerprint density at radius 2 is 2.06 bits per heavy atom. The van der Waals surface area contributed by atoms with Crippen LogP contribution in [-0.2, 0) is 4.79 Å². The van der Waals surface area contributed by atoms with Gasteiger partial charge in [0.25, 0.3) is 5.91 Å². The minimum Gasteiger partial charge on any atom is -0.507 e. The third-order valence-corrected chi connectivity index (χ3v) is 3.00. The molecule has 0 aliphatic carbocycles. The SMILES string of the molecule is CN(C)C(=O)CCNC(=O)c1ccc(Br)c(O)c1. The summed E-state index contributed by atoms with van der Waals surface area (Å²) in [5.41, 5.74) is 0.355. The van der Waals surface area contributed by atoms with Crippen LogP contribution in [0.1, 0.15) is 16.8 Å². The predicted octanol–water partition coefficient (Wildman–Crippen LogP) is 1.36. The van der Waals surface area contributed by atoms with Gasteiger partial charge in [0.1, 0.15) is 5.75 Å². The van der Waals surface area contributed by atoms with Gasteiger partial charge in [-0.1, -0.05) is 0 Å². The van der Waals surface area contributed by atoms with Gasteiger partial charge < -0.3 is 15.3 Å². The quantitative estimate of drug-likeness (QED) is 0.881. The van der Waals surface area contributed by atoms with E-state index in [0.717, 1.165) is 0 Å².